The molecular formula is C13H20N2O. The van der Waals surface area contributed by atoms with Crippen molar-refractivity contribution in [2.45, 2.75) is 38.6 Å². The Balaban J connectivity index is 2.13. The molecule has 3 nitrogen and oxygen atoms in total. The second-order valence-electron chi connectivity index (χ2n) is 4.53. The van der Waals surface area contributed by atoms with Gasteiger partial charge in [0.15, 0.2) is 0 Å². The maximum Gasteiger partial charge on any atom is 0.138 e. The molecule has 0 heterocycles. The average molecular weight is 220 g/mol. The molecule has 2 rings (SSSR count). The van der Waals surface area contributed by atoms with Crippen LogP contribution < -0.4 is 11.1 Å². The molecular weight excluding hydrogens is 200 g/mol. The van der Waals surface area contributed by atoms with Crippen LogP contribution in [0.3, 0.4) is 0 Å². The van der Waals surface area contributed by atoms with Gasteiger partial charge in [-0.15, -0.1) is 0 Å². The Labute approximate surface area is 96.7 Å². The van der Waals surface area contributed by atoms with Crippen molar-refractivity contribution >= 4 is 5.69 Å². The van der Waals surface area contributed by atoms with Crippen LogP contribution in [-0.4, -0.2) is 17.7 Å². The van der Waals surface area contributed by atoms with Gasteiger partial charge in [0.05, 0.1) is 5.69 Å². The van der Waals surface area contributed by atoms with Gasteiger partial charge in [0.25, 0.3) is 0 Å². The first-order valence-corrected chi connectivity index (χ1v) is 6.05. The summed E-state index contributed by atoms with van der Waals surface area (Å²) in [6.07, 6.45) is 4.28. The monoisotopic (exact) mass is 220 g/mol. The van der Waals surface area contributed by atoms with Crippen LogP contribution in [0.4, 0.5) is 5.69 Å². The number of phenols is 1. The Kier molecular flexibility index (Phi) is 3.34. The molecule has 0 saturated carbocycles. The SMILES string of the molecule is CCCNC1CCc2c(ccc(O)c2N)C1. The number of rotatable bonds is 3. The molecule has 1 unspecified atom stereocenters. The van der Waals surface area contributed by atoms with Crippen molar-refractivity contribution in [2.75, 3.05) is 12.3 Å². The standard InChI is InChI=1S/C13H20N2O/c1-2-7-15-10-4-5-11-9(8-10)3-6-12(16)13(11)14/h3,6,10,15-16H,2,4-5,7-8,14H2,1H3. The normalized spacial score (nSPS) is 19.4. The molecule has 1 atom stereocenters. The fraction of sp³-hybridized carbons (Fsp3) is 0.538. The topological polar surface area (TPSA) is 58.3 Å². The van der Waals surface area contributed by atoms with E-state index >= 15 is 0 Å². The van der Waals surface area contributed by atoms with Crippen LogP contribution in [0, 0.1) is 0 Å². The molecule has 4 N–H and O–H groups in total. The Bertz CT molecular complexity index is 376. The average Bonchev–Trinajstić information content (AvgIpc) is 2.31. The molecule has 16 heavy (non-hydrogen) atoms. The van der Waals surface area contributed by atoms with Crippen molar-refractivity contribution in [3.8, 4) is 5.75 Å². The van der Waals surface area contributed by atoms with Gasteiger partial charge in [0.1, 0.15) is 5.75 Å². The maximum atomic E-state index is 9.54. The van der Waals surface area contributed by atoms with Crippen LogP contribution in [0.15, 0.2) is 12.1 Å². The van der Waals surface area contributed by atoms with Gasteiger partial charge in [-0.05, 0) is 49.4 Å². The molecule has 0 spiro atoms. The summed E-state index contributed by atoms with van der Waals surface area (Å²) in [6, 6.07) is 4.27. The van der Waals surface area contributed by atoms with Crippen LogP contribution in [0.2, 0.25) is 0 Å². The van der Waals surface area contributed by atoms with E-state index in [-0.39, 0.29) is 5.75 Å². The lowest BCUT2D eigenvalue weighted by Crippen LogP contribution is -2.35. The first kappa shape index (κ1) is 11.3. The summed E-state index contributed by atoms with van der Waals surface area (Å²) in [5.41, 5.74) is 8.89. The lowest BCUT2D eigenvalue weighted by molar-refractivity contribution is 0.453. The van der Waals surface area contributed by atoms with Gasteiger partial charge < -0.3 is 16.2 Å². The smallest absolute Gasteiger partial charge is 0.138 e. The van der Waals surface area contributed by atoms with E-state index in [0.717, 1.165) is 31.4 Å². The molecule has 1 aromatic rings. The van der Waals surface area contributed by atoms with Crippen LogP contribution in [0.5, 0.6) is 5.75 Å². The van der Waals surface area contributed by atoms with Gasteiger partial charge in [0, 0.05) is 6.04 Å². The molecule has 0 fully saturated rings. The zero-order valence-electron chi connectivity index (χ0n) is 9.79. The molecule has 0 aliphatic heterocycles. The maximum absolute atomic E-state index is 9.54. The van der Waals surface area contributed by atoms with E-state index < -0.39 is 0 Å². The molecule has 1 aliphatic carbocycles. The van der Waals surface area contributed by atoms with E-state index in [9.17, 15) is 5.11 Å². The summed E-state index contributed by atoms with van der Waals surface area (Å²) in [5.74, 6) is 0.221. The van der Waals surface area contributed by atoms with Gasteiger partial charge in [-0.2, -0.15) is 0 Å². The molecule has 0 aromatic heterocycles. The fourth-order valence-corrected chi connectivity index (χ4v) is 2.39. The van der Waals surface area contributed by atoms with Gasteiger partial charge >= 0.3 is 0 Å². The Morgan fingerprint density at radius 1 is 1.50 bits per heavy atom. The lowest BCUT2D eigenvalue weighted by atomic mass is 9.87. The summed E-state index contributed by atoms with van der Waals surface area (Å²) in [5, 5.41) is 13.1. The highest BCUT2D eigenvalue weighted by Crippen LogP contribution is 2.32. The number of phenolic OH excluding ortho intramolecular Hbond substituents is 1. The van der Waals surface area contributed by atoms with Crippen LogP contribution in [0.25, 0.3) is 0 Å². The predicted octanol–water partition coefficient (Wildman–Crippen LogP) is 1.83. The molecule has 0 amide bonds. The minimum absolute atomic E-state index is 0.221. The lowest BCUT2D eigenvalue weighted by Gasteiger charge is -2.26. The summed E-state index contributed by atoms with van der Waals surface area (Å²) in [6.45, 7) is 3.26. The van der Waals surface area contributed by atoms with Crippen LogP contribution in [0.1, 0.15) is 30.9 Å². The van der Waals surface area contributed by atoms with Crippen molar-refractivity contribution < 1.29 is 5.11 Å². The molecule has 0 saturated heterocycles. The van der Waals surface area contributed by atoms with Crippen LogP contribution in [-0.2, 0) is 12.8 Å². The quantitative estimate of drug-likeness (QED) is 0.538. The van der Waals surface area contributed by atoms with Crippen molar-refractivity contribution in [3.05, 3.63) is 23.3 Å². The van der Waals surface area contributed by atoms with Crippen molar-refractivity contribution in [1.82, 2.24) is 5.32 Å². The minimum Gasteiger partial charge on any atom is -0.506 e. The largest absolute Gasteiger partial charge is 0.506 e. The number of fused-ring (bicyclic) bond motifs is 1. The molecule has 0 radical (unpaired) electrons. The van der Waals surface area contributed by atoms with Crippen molar-refractivity contribution in [1.29, 1.82) is 0 Å². The van der Waals surface area contributed by atoms with Gasteiger partial charge in [0.2, 0.25) is 0 Å². The number of benzene rings is 1. The minimum atomic E-state index is 0.221. The third kappa shape index (κ3) is 2.14. The molecule has 0 bridgehead atoms. The number of hydrogen-bond donors (Lipinski definition) is 3. The number of anilines is 1. The third-order valence-corrected chi connectivity index (χ3v) is 3.32. The van der Waals surface area contributed by atoms with Crippen molar-refractivity contribution in [2.24, 2.45) is 0 Å². The van der Waals surface area contributed by atoms with Gasteiger partial charge in [-0.3, -0.25) is 0 Å². The first-order chi connectivity index (χ1) is 7.72. The van der Waals surface area contributed by atoms with Crippen molar-refractivity contribution in [3.63, 3.8) is 0 Å². The first-order valence-electron chi connectivity index (χ1n) is 6.05. The van der Waals surface area contributed by atoms with E-state index in [1.807, 2.05) is 6.07 Å². The van der Waals surface area contributed by atoms with E-state index in [4.69, 9.17) is 5.73 Å². The highest BCUT2D eigenvalue weighted by atomic mass is 16.3. The second-order valence-corrected chi connectivity index (χ2v) is 4.53. The van der Waals surface area contributed by atoms with E-state index in [1.54, 1.807) is 6.07 Å². The number of nitrogen functional groups attached to an aromatic ring is 1. The fourth-order valence-electron chi connectivity index (χ4n) is 2.39. The highest BCUT2D eigenvalue weighted by molar-refractivity contribution is 5.61. The Morgan fingerprint density at radius 2 is 2.31 bits per heavy atom. The zero-order valence-corrected chi connectivity index (χ0v) is 9.79. The predicted molar refractivity (Wildman–Crippen MR) is 66.6 cm³/mol. The van der Waals surface area contributed by atoms with E-state index in [0.29, 0.717) is 11.7 Å². The van der Waals surface area contributed by atoms with Gasteiger partial charge in [-0.1, -0.05) is 13.0 Å². The molecule has 1 aromatic carbocycles. The second kappa shape index (κ2) is 4.74. The number of aromatic hydroxyl groups is 1. The van der Waals surface area contributed by atoms with Crippen LogP contribution >= 0.6 is 0 Å². The third-order valence-electron chi connectivity index (χ3n) is 3.32. The van der Waals surface area contributed by atoms with E-state index in [1.165, 1.54) is 12.0 Å². The van der Waals surface area contributed by atoms with Gasteiger partial charge in [-0.25, -0.2) is 0 Å². The Hall–Kier alpha value is -1.22. The highest BCUT2D eigenvalue weighted by Gasteiger charge is 2.20. The molecule has 3 heteroatoms. The summed E-state index contributed by atoms with van der Waals surface area (Å²) >= 11 is 0. The molecule has 1 aliphatic rings. The number of hydrogen-bond acceptors (Lipinski definition) is 3. The summed E-state index contributed by atoms with van der Waals surface area (Å²) in [7, 11) is 0. The summed E-state index contributed by atoms with van der Waals surface area (Å²) < 4.78 is 0. The Morgan fingerprint density at radius 3 is 3.06 bits per heavy atom. The van der Waals surface area contributed by atoms with E-state index in [2.05, 4.69) is 12.2 Å². The summed E-state index contributed by atoms with van der Waals surface area (Å²) in [4.78, 5) is 0. The number of nitrogens with one attached hydrogen (secondary N) is 1. The number of nitrogens with two attached hydrogens (primary N) is 1. The zero-order chi connectivity index (χ0) is 11.5. The molecule has 88 valence electrons.